The number of aliphatic imine (C=N–C) groups is 1. The van der Waals surface area contributed by atoms with Crippen molar-refractivity contribution >= 4 is 54.9 Å². The summed E-state index contributed by atoms with van der Waals surface area (Å²) < 4.78 is 33.6. The van der Waals surface area contributed by atoms with Crippen LogP contribution in [0.5, 0.6) is 11.5 Å². The number of carbonyl (C=O) groups is 2. The Morgan fingerprint density at radius 2 is 1.73 bits per heavy atom. The molecule has 1 N–H and O–H groups in total. The van der Waals surface area contributed by atoms with Gasteiger partial charge in [-0.2, -0.15) is 10.0 Å². The zero-order valence-corrected chi connectivity index (χ0v) is 18.9. The lowest BCUT2D eigenvalue weighted by Crippen LogP contribution is -2.35. The van der Waals surface area contributed by atoms with Gasteiger partial charge in [-0.3, -0.25) is 10.2 Å². The Labute approximate surface area is 193 Å². The van der Waals surface area contributed by atoms with Gasteiger partial charge in [0, 0.05) is 6.26 Å². The molecule has 0 fully saturated rings. The van der Waals surface area contributed by atoms with Crippen LogP contribution in [0.1, 0.15) is 15.9 Å². The van der Waals surface area contributed by atoms with Gasteiger partial charge in [0.15, 0.2) is 5.84 Å². The molecule has 12 heteroatoms. The van der Waals surface area contributed by atoms with Gasteiger partial charge in [-0.1, -0.05) is 12.1 Å². The molecule has 168 valence electrons. The first-order valence-corrected chi connectivity index (χ1v) is 12.0. The van der Waals surface area contributed by atoms with Gasteiger partial charge in [-0.25, -0.2) is 13.2 Å². The average Bonchev–Trinajstić information content (AvgIpc) is 3.22. The van der Waals surface area contributed by atoms with E-state index in [0.29, 0.717) is 22.6 Å². The van der Waals surface area contributed by atoms with Crippen LogP contribution in [0.25, 0.3) is 6.08 Å². The molecule has 2 aromatic carbocycles. The maximum atomic E-state index is 12.4. The van der Waals surface area contributed by atoms with Gasteiger partial charge in [0.2, 0.25) is 19.4 Å². The summed E-state index contributed by atoms with van der Waals surface area (Å²) in [6.07, 6.45) is 2.42. The van der Waals surface area contributed by atoms with E-state index in [1.54, 1.807) is 48.5 Å². The summed E-state index contributed by atoms with van der Waals surface area (Å²) >= 11 is 0.719. The van der Waals surface area contributed by atoms with Crippen LogP contribution in [0, 0.1) is 5.41 Å². The highest BCUT2D eigenvalue weighted by molar-refractivity contribution is 8.42. The third-order valence-corrected chi connectivity index (χ3v) is 7.06. The van der Waals surface area contributed by atoms with E-state index in [0.717, 1.165) is 23.0 Å². The van der Waals surface area contributed by atoms with Crippen LogP contribution < -0.4 is 9.47 Å². The van der Waals surface area contributed by atoms with Crippen LogP contribution >= 0.6 is 11.8 Å². The van der Waals surface area contributed by atoms with E-state index in [4.69, 9.17) is 14.9 Å². The standard InChI is InChI=1S/C21H16N4O6S2/c1-30-14-9-5-13(6-10-14)19(27)31-15-7-3-12(4-8-15)11-16-17(22)25-20(23-18(16)26)32-21(24-25)33(2,28)29/h3-11,22H,1-2H3/b16-11+,22-17?. The van der Waals surface area contributed by atoms with Crippen molar-refractivity contribution < 1.29 is 27.5 Å². The highest BCUT2D eigenvalue weighted by Gasteiger charge is 2.38. The molecular formula is C21H16N4O6S2. The monoisotopic (exact) mass is 484 g/mol. The van der Waals surface area contributed by atoms with Crippen LogP contribution in [-0.2, 0) is 14.6 Å². The van der Waals surface area contributed by atoms with Crippen molar-refractivity contribution in [3.05, 3.63) is 65.2 Å². The van der Waals surface area contributed by atoms with E-state index < -0.39 is 21.7 Å². The zero-order valence-electron chi connectivity index (χ0n) is 17.3. The molecule has 33 heavy (non-hydrogen) atoms. The Balaban J connectivity index is 1.50. The minimum absolute atomic E-state index is 0.0170. The second-order valence-corrected chi connectivity index (χ2v) is 9.99. The molecular weight excluding hydrogens is 468 g/mol. The Hall–Kier alpha value is -3.77. The van der Waals surface area contributed by atoms with Crippen LogP contribution in [0.3, 0.4) is 0 Å². The molecule has 2 heterocycles. The molecule has 0 saturated carbocycles. The molecule has 0 radical (unpaired) electrons. The molecule has 0 unspecified atom stereocenters. The van der Waals surface area contributed by atoms with Crippen LogP contribution in [-0.4, -0.2) is 54.0 Å². The number of methoxy groups -OCH3 is 1. The maximum Gasteiger partial charge on any atom is 0.343 e. The SMILES string of the molecule is COc1ccc(C(=O)Oc2ccc(/C=C3\C(=N)N4N=C(S(C)(=O)=O)SC4=NC3=O)cc2)cc1. The molecule has 0 spiro atoms. The Kier molecular flexibility index (Phi) is 5.87. The number of fused-ring (bicyclic) bond motifs is 1. The molecule has 0 aromatic heterocycles. The third-order valence-electron chi connectivity index (χ3n) is 4.48. The Morgan fingerprint density at radius 3 is 2.33 bits per heavy atom. The minimum Gasteiger partial charge on any atom is -0.497 e. The highest BCUT2D eigenvalue weighted by atomic mass is 32.3. The van der Waals surface area contributed by atoms with E-state index in [1.807, 2.05) is 0 Å². The van der Waals surface area contributed by atoms with E-state index in [-0.39, 0.29) is 21.0 Å². The fraction of sp³-hybridized carbons (Fsp3) is 0.0952. The fourth-order valence-corrected chi connectivity index (χ4v) is 4.50. The van der Waals surface area contributed by atoms with Gasteiger partial charge in [-0.05, 0) is 59.8 Å². The number of esters is 1. The number of benzene rings is 2. The fourth-order valence-electron chi connectivity index (χ4n) is 2.82. The number of amides is 1. The van der Waals surface area contributed by atoms with E-state index in [9.17, 15) is 18.0 Å². The van der Waals surface area contributed by atoms with Crippen molar-refractivity contribution in [3.8, 4) is 11.5 Å². The van der Waals surface area contributed by atoms with Gasteiger partial charge in [0.05, 0.1) is 18.2 Å². The molecule has 0 saturated heterocycles. The zero-order chi connectivity index (χ0) is 23.8. The van der Waals surface area contributed by atoms with Gasteiger partial charge < -0.3 is 9.47 Å². The summed E-state index contributed by atoms with van der Waals surface area (Å²) in [5.41, 5.74) is 0.848. The van der Waals surface area contributed by atoms with Gasteiger partial charge in [0.25, 0.3) is 5.91 Å². The van der Waals surface area contributed by atoms with Crippen molar-refractivity contribution in [1.82, 2.24) is 5.01 Å². The first kappa shape index (κ1) is 22.4. The Morgan fingerprint density at radius 1 is 1.09 bits per heavy atom. The second-order valence-electron chi connectivity index (χ2n) is 6.85. The lowest BCUT2D eigenvalue weighted by atomic mass is 10.1. The second kappa shape index (κ2) is 8.64. The summed E-state index contributed by atoms with van der Waals surface area (Å²) in [6.45, 7) is 0. The van der Waals surface area contributed by atoms with Gasteiger partial charge in [-0.15, -0.1) is 5.10 Å². The summed E-state index contributed by atoms with van der Waals surface area (Å²) in [5, 5.41) is 13.2. The molecule has 2 aliphatic heterocycles. The van der Waals surface area contributed by atoms with Crippen molar-refractivity contribution in [2.24, 2.45) is 10.1 Å². The number of hydrazone groups is 1. The van der Waals surface area contributed by atoms with Crippen molar-refractivity contribution in [3.63, 3.8) is 0 Å². The number of rotatable bonds is 4. The van der Waals surface area contributed by atoms with Crippen LogP contribution in [0.2, 0.25) is 0 Å². The first-order valence-electron chi connectivity index (χ1n) is 9.32. The topological polar surface area (TPSA) is 139 Å². The minimum atomic E-state index is -3.60. The molecule has 0 atom stereocenters. The summed E-state index contributed by atoms with van der Waals surface area (Å²) in [6, 6.07) is 12.8. The quantitative estimate of drug-likeness (QED) is 0.397. The lowest BCUT2D eigenvalue weighted by Gasteiger charge is -2.20. The van der Waals surface area contributed by atoms with Gasteiger partial charge in [0.1, 0.15) is 11.5 Å². The molecule has 0 aliphatic carbocycles. The maximum absolute atomic E-state index is 12.4. The summed E-state index contributed by atoms with van der Waals surface area (Å²) in [7, 11) is -2.07. The van der Waals surface area contributed by atoms with Crippen molar-refractivity contribution in [1.29, 1.82) is 5.41 Å². The molecule has 0 bridgehead atoms. The van der Waals surface area contributed by atoms with E-state index in [2.05, 4.69) is 10.1 Å². The third kappa shape index (κ3) is 4.71. The Bertz CT molecular complexity index is 1360. The first-order chi connectivity index (χ1) is 15.7. The normalized spacial score (nSPS) is 16.9. The largest absolute Gasteiger partial charge is 0.497 e. The molecule has 1 amide bonds. The number of carbonyl (C=O) groups excluding carboxylic acids is 2. The highest BCUT2D eigenvalue weighted by Crippen LogP contribution is 2.30. The molecule has 4 rings (SSSR count). The number of sulfone groups is 1. The molecule has 10 nitrogen and oxygen atoms in total. The number of nitrogens with one attached hydrogen (secondary N) is 1. The summed E-state index contributed by atoms with van der Waals surface area (Å²) in [5.74, 6) is -0.596. The number of amidine groups is 2. The predicted molar refractivity (Wildman–Crippen MR) is 124 cm³/mol. The van der Waals surface area contributed by atoms with Gasteiger partial charge >= 0.3 is 5.97 Å². The molecule has 2 aromatic rings. The van der Waals surface area contributed by atoms with E-state index in [1.165, 1.54) is 13.2 Å². The smallest absolute Gasteiger partial charge is 0.343 e. The van der Waals surface area contributed by atoms with Crippen molar-refractivity contribution in [2.45, 2.75) is 0 Å². The lowest BCUT2D eigenvalue weighted by molar-refractivity contribution is -0.114. The number of hydrogen-bond acceptors (Lipinski definition) is 9. The predicted octanol–water partition coefficient (Wildman–Crippen LogP) is 2.54. The number of hydrogen-bond donors (Lipinski definition) is 1. The van der Waals surface area contributed by atoms with E-state index >= 15 is 0 Å². The summed E-state index contributed by atoms with van der Waals surface area (Å²) in [4.78, 5) is 28.5. The number of ether oxygens (including phenoxy) is 2. The van der Waals surface area contributed by atoms with Crippen molar-refractivity contribution in [2.75, 3.05) is 13.4 Å². The van der Waals surface area contributed by atoms with Crippen LogP contribution in [0.15, 0.2) is 64.2 Å². The van der Waals surface area contributed by atoms with Crippen LogP contribution in [0.4, 0.5) is 0 Å². The number of nitrogens with zero attached hydrogens (tertiary/aromatic N) is 3. The average molecular weight is 485 g/mol. The number of thioether (sulfide) groups is 1. The molecule has 2 aliphatic rings.